The van der Waals surface area contributed by atoms with Gasteiger partial charge in [0.25, 0.3) is 5.91 Å². The Kier molecular flexibility index (Phi) is 12.6. The third kappa shape index (κ3) is 8.61. The van der Waals surface area contributed by atoms with E-state index < -0.39 is 0 Å². The molecule has 0 aliphatic rings. The zero-order chi connectivity index (χ0) is 20.9. The normalized spacial score (nSPS) is 10.7. The standard InChI is InChI=1S/C23H33N5O.HI/c1-4-28(21-12-6-5-7-13-21)17-9-15-26-23(25-3)27-16-14-19-10-8-11-20(18-19)22(29)24-2;/h5-8,10-13,18H,4,9,14-17H2,1-3H3,(H,24,29)(H2,25,26,27);1H. The van der Waals surface area contributed by atoms with Gasteiger partial charge in [-0.3, -0.25) is 9.79 Å². The van der Waals surface area contributed by atoms with Crippen molar-refractivity contribution in [3.8, 4) is 0 Å². The molecular formula is C23H34IN5O. The Morgan fingerprint density at radius 1 is 1.03 bits per heavy atom. The van der Waals surface area contributed by atoms with Gasteiger partial charge in [0.05, 0.1) is 0 Å². The fourth-order valence-corrected chi connectivity index (χ4v) is 3.14. The van der Waals surface area contributed by atoms with Crippen molar-refractivity contribution < 1.29 is 4.79 Å². The number of anilines is 1. The van der Waals surface area contributed by atoms with Gasteiger partial charge in [0, 0.05) is 51.5 Å². The number of carbonyl (C=O) groups excluding carboxylic acids is 1. The molecule has 1 amide bonds. The highest BCUT2D eigenvalue weighted by Crippen LogP contribution is 2.12. The van der Waals surface area contributed by atoms with E-state index in [4.69, 9.17) is 0 Å². The molecule has 0 bridgehead atoms. The topological polar surface area (TPSA) is 68.8 Å². The van der Waals surface area contributed by atoms with Gasteiger partial charge >= 0.3 is 0 Å². The molecule has 164 valence electrons. The molecule has 2 rings (SSSR count). The second kappa shape index (κ2) is 14.7. The second-order valence-corrected chi connectivity index (χ2v) is 6.72. The fourth-order valence-electron chi connectivity index (χ4n) is 3.14. The molecule has 7 heteroatoms. The summed E-state index contributed by atoms with van der Waals surface area (Å²) in [5.41, 5.74) is 3.07. The molecule has 0 aliphatic carbocycles. The first-order chi connectivity index (χ1) is 14.2. The maximum Gasteiger partial charge on any atom is 0.251 e. The highest BCUT2D eigenvalue weighted by atomic mass is 127. The molecule has 0 spiro atoms. The summed E-state index contributed by atoms with van der Waals surface area (Å²) in [6.45, 7) is 5.78. The van der Waals surface area contributed by atoms with Crippen LogP contribution in [0.15, 0.2) is 59.6 Å². The van der Waals surface area contributed by atoms with Crippen LogP contribution in [-0.4, -0.2) is 52.1 Å². The van der Waals surface area contributed by atoms with Crippen LogP contribution in [0.25, 0.3) is 0 Å². The summed E-state index contributed by atoms with van der Waals surface area (Å²) < 4.78 is 0. The van der Waals surface area contributed by atoms with E-state index in [2.05, 4.69) is 57.0 Å². The minimum absolute atomic E-state index is 0. The fraction of sp³-hybridized carbons (Fsp3) is 0.391. The van der Waals surface area contributed by atoms with Crippen LogP contribution in [0.3, 0.4) is 0 Å². The highest BCUT2D eigenvalue weighted by molar-refractivity contribution is 14.0. The van der Waals surface area contributed by atoms with Gasteiger partial charge in [-0.25, -0.2) is 0 Å². The van der Waals surface area contributed by atoms with Gasteiger partial charge in [-0.05, 0) is 49.6 Å². The summed E-state index contributed by atoms with van der Waals surface area (Å²) in [7, 11) is 3.43. The molecule has 0 saturated carbocycles. The third-order valence-electron chi connectivity index (χ3n) is 4.75. The number of nitrogens with one attached hydrogen (secondary N) is 3. The molecule has 6 nitrogen and oxygen atoms in total. The van der Waals surface area contributed by atoms with Crippen LogP contribution in [-0.2, 0) is 6.42 Å². The van der Waals surface area contributed by atoms with Gasteiger partial charge in [0.2, 0.25) is 0 Å². The lowest BCUT2D eigenvalue weighted by Gasteiger charge is -2.23. The number of para-hydroxylation sites is 1. The number of aliphatic imine (C=N–C) groups is 1. The Balaban J connectivity index is 0.00000450. The van der Waals surface area contributed by atoms with Gasteiger partial charge in [-0.15, -0.1) is 24.0 Å². The number of carbonyl (C=O) groups is 1. The quantitative estimate of drug-likeness (QED) is 0.194. The molecule has 0 fully saturated rings. The summed E-state index contributed by atoms with van der Waals surface area (Å²) in [6, 6.07) is 18.2. The van der Waals surface area contributed by atoms with Crippen molar-refractivity contribution in [2.75, 3.05) is 45.2 Å². The van der Waals surface area contributed by atoms with Crippen LogP contribution in [0.1, 0.15) is 29.3 Å². The number of nitrogens with zero attached hydrogens (tertiary/aromatic N) is 2. The molecule has 0 atom stereocenters. The molecule has 0 radical (unpaired) electrons. The number of benzene rings is 2. The summed E-state index contributed by atoms with van der Waals surface area (Å²) in [5, 5.41) is 9.37. The van der Waals surface area contributed by atoms with E-state index in [0.29, 0.717) is 5.56 Å². The van der Waals surface area contributed by atoms with Gasteiger partial charge in [-0.2, -0.15) is 0 Å². The number of guanidine groups is 1. The van der Waals surface area contributed by atoms with Gasteiger partial charge in [0.1, 0.15) is 0 Å². The molecular weight excluding hydrogens is 489 g/mol. The summed E-state index contributed by atoms with van der Waals surface area (Å²) >= 11 is 0. The van der Waals surface area contributed by atoms with Crippen LogP contribution >= 0.6 is 24.0 Å². The second-order valence-electron chi connectivity index (χ2n) is 6.72. The van der Waals surface area contributed by atoms with E-state index >= 15 is 0 Å². The summed E-state index contributed by atoms with van der Waals surface area (Å²) in [5.74, 6) is 0.740. The zero-order valence-electron chi connectivity index (χ0n) is 18.1. The third-order valence-corrected chi connectivity index (χ3v) is 4.75. The van der Waals surface area contributed by atoms with Crippen molar-refractivity contribution in [2.24, 2.45) is 4.99 Å². The molecule has 3 N–H and O–H groups in total. The minimum atomic E-state index is -0.0612. The first-order valence-electron chi connectivity index (χ1n) is 10.2. The van der Waals surface area contributed by atoms with E-state index in [0.717, 1.165) is 50.5 Å². The van der Waals surface area contributed by atoms with Gasteiger partial charge in [-0.1, -0.05) is 30.3 Å². The van der Waals surface area contributed by atoms with Crippen LogP contribution in [0.2, 0.25) is 0 Å². The molecule has 30 heavy (non-hydrogen) atoms. The SMILES string of the molecule is CCN(CCCNC(=NC)NCCc1cccc(C(=O)NC)c1)c1ccccc1.I. The minimum Gasteiger partial charge on any atom is -0.372 e. The van der Waals surface area contributed by atoms with E-state index in [9.17, 15) is 4.79 Å². The Hall–Kier alpha value is -2.29. The lowest BCUT2D eigenvalue weighted by molar-refractivity contribution is 0.0963. The van der Waals surface area contributed by atoms with Crippen molar-refractivity contribution in [3.63, 3.8) is 0 Å². The number of amides is 1. The first-order valence-corrected chi connectivity index (χ1v) is 10.2. The van der Waals surface area contributed by atoms with E-state index in [1.807, 2.05) is 30.3 Å². The maximum atomic E-state index is 11.7. The lowest BCUT2D eigenvalue weighted by atomic mass is 10.1. The van der Waals surface area contributed by atoms with Gasteiger partial charge in [0.15, 0.2) is 5.96 Å². The molecule has 2 aromatic rings. The lowest BCUT2D eigenvalue weighted by Crippen LogP contribution is -2.39. The Morgan fingerprint density at radius 2 is 1.77 bits per heavy atom. The Bertz CT molecular complexity index is 782. The number of hydrogen-bond acceptors (Lipinski definition) is 3. The van der Waals surface area contributed by atoms with E-state index in [1.165, 1.54) is 5.69 Å². The monoisotopic (exact) mass is 523 g/mol. The molecule has 2 aromatic carbocycles. The highest BCUT2D eigenvalue weighted by Gasteiger charge is 2.05. The molecule has 0 aromatic heterocycles. The molecule has 0 unspecified atom stereocenters. The van der Waals surface area contributed by atoms with Crippen molar-refractivity contribution in [3.05, 3.63) is 65.7 Å². The smallest absolute Gasteiger partial charge is 0.251 e. The summed E-state index contributed by atoms with van der Waals surface area (Å²) in [6.07, 6.45) is 1.85. The largest absolute Gasteiger partial charge is 0.372 e. The Morgan fingerprint density at radius 3 is 2.43 bits per heavy atom. The first kappa shape index (κ1) is 25.7. The number of hydrogen-bond donors (Lipinski definition) is 3. The summed E-state index contributed by atoms with van der Waals surface area (Å²) in [4.78, 5) is 18.4. The predicted octanol–water partition coefficient (Wildman–Crippen LogP) is 3.29. The molecule has 0 aliphatic heterocycles. The average Bonchev–Trinajstić information content (AvgIpc) is 2.78. The van der Waals surface area contributed by atoms with Crippen LogP contribution in [0.4, 0.5) is 5.69 Å². The Labute approximate surface area is 197 Å². The number of halogens is 1. The van der Waals surface area contributed by atoms with Crippen molar-refractivity contribution >= 4 is 41.5 Å². The zero-order valence-corrected chi connectivity index (χ0v) is 20.5. The maximum absolute atomic E-state index is 11.7. The van der Waals surface area contributed by atoms with Gasteiger partial charge < -0.3 is 20.9 Å². The van der Waals surface area contributed by atoms with Crippen molar-refractivity contribution in [2.45, 2.75) is 19.8 Å². The number of rotatable bonds is 10. The average molecular weight is 523 g/mol. The van der Waals surface area contributed by atoms with Crippen molar-refractivity contribution in [1.29, 1.82) is 0 Å². The predicted molar refractivity (Wildman–Crippen MR) is 137 cm³/mol. The van der Waals surface area contributed by atoms with Crippen molar-refractivity contribution in [1.82, 2.24) is 16.0 Å². The van der Waals surface area contributed by atoms with Crippen LogP contribution in [0.5, 0.6) is 0 Å². The van der Waals surface area contributed by atoms with Crippen LogP contribution < -0.4 is 20.9 Å². The van der Waals surface area contributed by atoms with E-state index in [-0.39, 0.29) is 29.9 Å². The molecule has 0 saturated heterocycles. The van der Waals surface area contributed by atoms with Crippen LogP contribution in [0, 0.1) is 0 Å². The molecule has 0 heterocycles. The van der Waals surface area contributed by atoms with E-state index in [1.54, 1.807) is 14.1 Å².